The van der Waals surface area contributed by atoms with Gasteiger partial charge < -0.3 is 9.64 Å². The monoisotopic (exact) mass is 354 g/mol. The number of hydrogen-bond donors (Lipinski definition) is 1. The number of benzene rings is 1. The van der Waals surface area contributed by atoms with Gasteiger partial charge in [-0.05, 0) is 37.3 Å². The number of nitrogens with one attached hydrogen (secondary N) is 1. The molecule has 1 saturated heterocycles. The molecule has 2 aromatic rings. The summed E-state index contributed by atoms with van der Waals surface area (Å²) < 4.78 is 5.92. The van der Waals surface area contributed by atoms with Gasteiger partial charge in [-0.2, -0.15) is 5.10 Å². The third-order valence-electron chi connectivity index (χ3n) is 6.07. The molecule has 2 heterocycles. The Balaban J connectivity index is 1.51. The van der Waals surface area contributed by atoms with Gasteiger partial charge in [0.05, 0.1) is 11.5 Å². The Morgan fingerprint density at radius 1 is 1.38 bits per heavy atom. The van der Waals surface area contributed by atoms with Gasteiger partial charge in [-0.15, -0.1) is 0 Å². The number of hydrogen-bond acceptors (Lipinski definition) is 4. The van der Waals surface area contributed by atoms with Gasteiger partial charge >= 0.3 is 0 Å². The topological polar surface area (TPSA) is 71.1 Å². The quantitative estimate of drug-likeness (QED) is 0.896. The zero-order valence-electron chi connectivity index (χ0n) is 15.4. The van der Waals surface area contributed by atoms with E-state index in [0.29, 0.717) is 13.2 Å². The minimum absolute atomic E-state index is 0.0362. The van der Waals surface area contributed by atoms with Gasteiger partial charge in [0.15, 0.2) is 0 Å². The van der Waals surface area contributed by atoms with Crippen LogP contribution < -0.4 is 0 Å². The first kappa shape index (κ1) is 17.2. The van der Waals surface area contributed by atoms with Gasteiger partial charge in [0.1, 0.15) is 12.2 Å². The molecule has 1 saturated carbocycles. The molecule has 4 rings (SSSR count). The van der Waals surface area contributed by atoms with E-state index in [-0.39, 0.29) is 23.3 Å². The van der Waals surface area contributed by atoms with Crippen LogP contribution in [0.4, 0.5) is 0 Å². The number of carbonyl (C=O) groups excluding carboxylic acids is 1. The highest BCUT2D eigenvalue weighted by molar-refractivity contribution is 5.89. The fourth-order valence-corrected chi connectivity index (χ4v) is 4.49. The van der Waals surface area contributed by atoms with E-state index in [2.05, 4.69) is 34.2 Å². The lowest BCUT2D eigenvalue weighted by atomic mass is 9.62. The molecule has 0 unspecified atom stereocenters. The lowest BCUT2D eigenvalue weighted by Crippen LogP contribution is -2.52. The largest absolute Gasteiger partial charge is 0.376 e. The second-order valence-electron chi connectivity index (χ2n) is 7.61. The summed E-state index contributed by atoms with van der Waals surface area (Å²) in [6.45, 7) is 3.38. The van der Waals surface area contributed by atoms with Crippen LogP contribution in [0, 0.1) is 6.92 Å². The van der Waals surface area contributed by atoms with Gasteiger partial charge in [0, 0.05) is 26.1 Å². The van der Waals surface area contributed by atoms with Crippen LogP contribution in [-0.4, -0.2) is 52.3 Å². The highest BCUT2D eigenvalue weighted by Gasteiger charge is 2.48. The smallest absolute Gasteiger partial charge is 0.233 e. The number of aromatic amines is 1. The third kappa shape index (κ3) is 2.82. The van der Waals surface area contributed by atoms with Gasteiger partial charge in [-0.3, -0.25) is 9.89 Å². The van der Waals surface area contributed by atoms with E-state index in [1.165, 1.54) is 17.5 Å². The Morgan fingerprint density at radius 3 is 2.85 bits per heavy atom. The number of aromatic nitrogens is 3. The number of ether oxygens (including phenoxy) is 1. The maximum Gasteiger partial charge on any atom is 0.233 e. The number of aryl methyl sites for hydroxylation is 1. The average Bonchev–Trinajstić information content (AvgIpc) is 3.26. The van der Waals surface area contributed by atoms with Crippen LogP contribution in [0.2, 0.25) is 0 Å². The molecule has 0 radical (unpaired) electrons. The minimum Gasteiger partial charge on any atom is -0.376 e. The molecule has 0 bridgehead atoms. The second kappa shape index (κ2) is 6.83. The summed E-state index contributed by atoms with van der Waals surface area (Å²) in [5.74, 6) is 1.24. The van der Waals surface area contributed by atoms with E-state index in [4.69, 9.17) is 4.74 Å². The van der Waals surface area contributed by atoms with E-state index in [1.54, 1.807) is 0 Å². The average molecular weight is 354 g/mol. The summed E-state index contributed by atoms with van der Waals surface area (Å²) >= 11 is 0. The Kier molecular flexibility index (Phi) is 4.53. The minimum atomic E-state index is -0.361. The number of carbonyl (C=O) groups is 1. The molecule has 1 aromatic heterocycles. The molecule has 2 fully saturated rings. The SMILES string of the molecule is Cc1ccccc1C1(C(=O)N(C)C[C@H]2OCC[C@H]2c2ncn[nH]2)CCC1. The van der Waals surface area contributed by atoms with Crippen LogP contribution in [-0.2, 0) is 14.9 Å². The fourth-order valence-electron chi connectivity index (χ4n) is 4.49. The highest BCUT2D eigenvalue weighted by atomic mass is 16.5. The van der Waals surface area contributed by atoms with E-state index in [0.717, 1.165) is 31.5 Å². The zero-order valence-corrected chi connectivity index (χ0v) is 15.4. The third-order valence-corrected chi connectivity index (χ3v) is 6.07. The molecule has 26 heavy (non-hydrogen) atoms. The molecule has 2 atom stereocenters. The Labute approximate surface area is 154 Å². The molecule has 1 aliphatic heterocycles. The van der Waals surface area contributed by atoms with Gasteiger partial charge in [0.2, 0.25) is 5.91 Å². The van der Waals surface area contributed by atoms with Gasteiger partial charge in [-0.1, -0.05) is 30.7 Å². The summed E-state index contributed by atoms with van der Waals surface area (Å²) in [4.78, 5) is 19.6. The number of nitrogens with zero attached hydrogens (tertiary/aromatic N) is 3. The first-order valence-corrected chi connectivity index (χ1v) is 9.40. The van der Waals surface area contributed by atoms with Crippen molar-refractivity contribution in [1.29, 1.82) is 0 Å². The molecule has 1 aliphatic carbocycles. The first-order chi connectivity index (χ1) is 12.6. The molecular weight excluding hydrogens is 328 g/mol. The normalized spacial score (nSPS) is 24.2. The molecule has 1 N–H and O–H groups in total. The van der Waals surface area contributed by atoms with Crippen LogP contribution >= 0.6 is 0 Å². The summed E-state index contributed by atoms with van der Waals surface area (Å²) in [5.41, 5.74) is 2.02. The predicted molar refractivity (Wildman–Crippen MR) is 97.8 cm³/mol. The van der Waals surface area contributed by atoms with Crippen molar-refractivity contribution >= 4 is 5.91 Å². The molecule has 2 aliphatic rings. The maximum atomic E-state index is 13.4. The standard InChI is InChI=1S/C20H26N4O2/c1-14-6-3-4-7-16(14)20(9-5-10-20)19(25)24(2)12-17-15(8-11-26-17)18-21-13-22-23-18/h3-4,6-7,13,15,17H,5,8-12H2,1-2H3,(H,21,22,23)/t15-,17-/m1/s1. The van der Waals surface area contributed by atoms with E-state index < -0.39 is 0 Å². The van der Waals surface area contributed by atoms with Crippen molar-refractivity contribution in [3.63, 3.8) is 0 Å². The number of likely N-dealkylation sites (N-methyl/N-ethyl adjacent to an activating group) is 1. The molecule has 138 valence electrons. The van der Waals surface area contributed by atoms with Crippen LogP contribution in [0.1, 0.15) is 48.6 Å². The molecule has 6 heteroatoms. The van der Waals surface area contributed by atoms with Crippen molar-refractivity contribution in [3.05, 3.63) is 47.5 Å². The van der Waals surface area contributed by atoms with Crippen LogP contribution in [0.3, 0.4) is 0 Å². The fraction of sp³-hybridized carbons (Fsp3) is 0.550. The maximum absolute atomic E-state index is 13.4. The second-order valence-corrected chi connectivity index (χ2v) is 7.61. The van der Waals surface area contributed by atoms with Crippen molar-refractivity contribution < 1.29 is 9.53 Å². The molecular formula is C20H26N4O2. The van der Waals surface area contributed by atoms with E-state index >= 15 is 0 Å². The summed E-state index contributed by atoms with van der Waals surface area (Å²) in [7, 11) is 1.90. The molecule has 1 aromatic carbocycles. The van der Waals surface area contributed by atoms with Crippen molar-refractivity contribution in [2.24, 2.45) is 0 Å². The lowest BCUT2D eigenvalue weighted by molar-refractivity contribution is -0.141. The van der Waals surface area contributed by atoms with Crippen LogP contribution in [0.5, 0.6) is 0 Å². The predicted octanol–water partition coefficient (Wildman–Crippen LogP) is 2.57. The molecule has 6 nitrogen and oxygen atoms in total. The van der Waals surface area contributed by atoms with E-state index in [9.17, 15) is 4.79 Å². The Bertz CT molecular complexity index is 770. The zero-order chi connectivity index (χ0) is 18.1. The van der Waals surface area contributed by atoms with Crippen LogP contribution in [0.15, 0.2) is 30.6 Å². The van der Waals surface area contributed by atoms with Gasteiger partial charge in [-0.25, -0.2) is 4.98 Å². The van der Waals surface area contributed by atoms with Gasteiger partial charge in [0.25, 0.3) is 0 Å². The number of rotatable bonds is 5. The number of amides is 1. The van der Waals surface area contributed by atoms with Crippen molar-refractivity contribution in [1.82, 2.24) is 20.1 Å². The molecule has 0 spiro atoms. The van der Waals surface area contributed by atoms with Crippen molar-refractivity contribution in [3.8, 4) is 0 Å². The summed E-state index contributed by atoms with van der Waals surface area (Å²) in [6.07, 6.45) is 5.36. The molecule has 1 amide bonds. The lowest BCUT2D eigenvalue weighted by Gasteiger charge is -2.44. The van der Waals surface area contributed by atoms with Crippen molar-refractivity contribution in [2.75, 3.05) is 20.2 Å². The van der Waals surface area contributed by atoms with E-state index in [1.807, 2.05) is 24.1 Å². The summed E-state index contributed by atoms with van der Waals surface area (Å²) in [5, 5.41) is 6.91. The Morgan fingerprint density at radius 2 is 2.19 bits per heavy atom. The Hall–Kier alpha value is -2.21. The van der Waals surface area contributed by atoms with Crippen molar-refractivity contribution in [2.45, 2.75) is 50.0 Å². The van der Waals surface area contributed by atoms with Crippen LogP contribution in [0.25, 0.3) is 0 Å². The highest BCUT2D eigenvalue weighted by Crippen LogP contribution is 2.46. The first-order valence-electron chi connectivity index (χ1n) is 9.40. The number of H-pyrrole nitrogens is 1. The summed E-state index contributed by atoms with van der Waals surface area (Å²) in [6, 6.07) is 8.29.